The molecule has 20 heavy (non-hydrogen) atoms. The molecule has 3 rings (SSSR count). The second-order valence-electron chi connectivity index (χ2n) is 4.92. The van der Waals surface area contributed by atoms with Crippen LogP contribution in [0.4, 0.5) is 5.69 Å². The van der Waals surface area contributed by atoms with Crippen LogP contribution in [-0.4, -0.2) is 5.91 Å². The standard InChI is InChI=1S/C16H13Cl2NO/c17-12-5-7-14(15(18)9-12)16(20)19-13-6-4-10-2-1-3-11(10)8-13/h4-9H,1-3H2,(H,19,20). The van der Waals surface area contributed by atoms with E-state index >= 15 is 0 Å². The van der Waals surface area contributed by atoms with E-state index in [0.29, 0.717) is 15.6 Å². The molecule has 0 saturated heterocycles. The van der Waals surface area contributed by atoms with Gasteiger partial charge in [-0.05, 0) is 60.7 Å². The summed E-state index contributed by atoms with van der Waals surface area (Å²) < 4.78 is 0. The monoisotopic (exact) mass is 305 g/mol. The lowest BCUT2D eigenvalue weighted by Gasteiger charge is -2.09. The molecule has 0 unspecified atom stereocenters. The van der Waals surface area contributed by atoms with Crippen molar-refractivity contribution in [3.8, 4) is 0 Å². The van der Waals surface area contributed by atoms with Crippen LogP contribution in [0.1, 0.15) is 27.9 Å². The molecule has 1 aliphatic rings. The first kappa shape index (κ1) is 13.5. The molecule has 2 nitrogen and oxygen atoms in total. The zero-order valence-electron chi connectivity index (χ0n) is 10.7. The molecule has 2 aromatic rings. The van der Waals surface area contributed by atoms with E-state index in [4.69, 9.17) is 23.2 Å². The number of rotatable bonds is 2. The van der Waals surface area contributed by atoms with Gasteiger partial charge in [-0.3, -0.25) is 4.79 Å². The van der Waals surface area contributed by atoms with Crippen LogP contribution in [0.3, 0.4) is 0 Å². The summed E-state index contributed by atoms with van der Waals surface area (Å²) in [4.78, 5) is 12.2. The molecule has 1 amide bonds. The number of hydrogen-bond acceptors (Lipinski definition) is 1. The van der Waals surface area contributed by atoms with Crippen molar-refractivity contribution >= 4 is 34.8 Å². The Balaban J connectivity index is 1.82. The predicted molar refractivity (Wildman–Crippen MR) is 82.9 cm³/mol. The van der Waals surface area contributed by atoms with Crippen molar-refractivity contribution in [2.75, 3.05) is 5.32 Å². The molecular weight excluding hydrogens is 293 g/mol. The average molecular weight is 306 g/mol. The fraction of sp³-hybridized carbons (Fsp3) is 0.188. The number of hydrogen-bond donors (Lipinski definition) is 1. The van der Waals surface area contributed by atoms with Crippen LogP contribution < -0.4 is 5.32 Å². The summed E-state index contributed by atoms with van der Waals surface area (Å²) in [5, 5.41) is 3.76. The molecule has 0 atom stereocenters. The van der Waals surface area contributed by atoms with Gasteiger partial charge in [0.25, 0.3) is 5.91 Å². The Kier molecular flexibility index (Phi) is 3.68. The predicted octanol–water partition coefficient (Wildman–Crippen LogP) is 4.73. The molecular formula is C16H13Cl2NO. The number of amides is 1. The van der Waals surface area contributed by atoms with Gasteiger partial charge in [-0.25, -0.2) is 0 Å². The molecule has 0 aliphatic heterocycles. The Hall–Kier alpha value is -1.51. The maximum atomic E-state index is 12.2. The van der Waals surface area contributed by atoms with E-state index in [1.165, 1.54) is 17.5 Å². The number of carbonyl (C=O) groups excluding carboxylic acids is 1. The number of anilines is 1. The minimum atomic E-state index is -0.218. The minimum absolute atomic E-state index is 0.218. The summed E-state index contributed by atoms with van der Waals surface area (Å²) in [5.41, 5.74) is 3.94. The van der Waals surface area contributed by atoms with E-state index < -0.39 is 0 Å². The lowest BCUT2D eigenvalue weighted by Crippen LogP contribution is -2.12. The Labute approximate surface area is 127 Å². The van der Waals surface area contributed by atoms with Crippen molar-refractivity contribution in [2.24, 2.45) is 0 Å². The Morgan fingerprint density at radius 3 is 2.60 bits per heavy atom. The van der Waals surface area contributed by atoms with Crippen molar-refractivity contribution in [2.45, 2.75) is 19.3 Å². The third-order valence-corrected chi connectivity index (χ3v) is 4.08. The molecule has 102 valence electrons. The van der Waals surface area contributed by atoms with Crippen LogP contribution in [0.2, 0.25) is 10.0 Å². The molecule has 0 bridgehead atoms. The molecule has 0 fully saturated rings. The van der Waals surface area contributed by atoms with Crippen LogP contribution in [0.25, 0.3) is 0 Å². The maximum Gasteiger partial charge on any atom is 0.257 e. The van der Waals surface area contributed by atoms with Crippen molar-refractivity contribution in [3.05, 3.63) is 63.1 Å². The Morgan fingerprint density at radius 1 is 1.00 bits per heavy atom. The second kappa shape index (κ2) is 5.47. The average Bonchev–Trinajstić information content (AvgIpc) is 2.85. The van der Waals surface area contributed by atoms with E-state index in [9.17, 15) is 4.79 Å². The SMILES string of the molecule is O=C(Nc1ccc2c(c1)CCC2)c1ccc(Cl)cc1Cl. The van der Waals surface area contributed by atoms with Gasteiger partial charge in [-0.2, -0.15) is 0 Å². The van der Waals surface area contributed by atoms with Crippen molar-refractivity contribution in [3.63, 3.8) is 0 Å². The minimum Gasteiger partial charge on any atom is -0.322 e. The normalized spacial score (nSPS) is 13.1. The Morgan fingerprint density at radius 2 is 1.80 bits per heavy atom. The summed E-state index contributed by atoms with van der Waals surface area (Å²) >= 11 is 11.9. The number of fused-ring (bicyclic) bond motifs is 1. The third kappa shape index (κ3) is 2.67. The van der Waals surface area contributed by atoms with E-state index in [1.54, 1.807) is 18.2 Å². The van der Waals surface area contributed by atoms with E-state index in [-0.39, 0.29) is 5.91 Å². The van der Waals surface area contributed by atoms with Crippen LogP contribution >= 0.6 is 23.2 Å². The largest absolute Gasteiger partial charge is 0.322 e. The van der Waals surface area contributed by atoms with Gasteiger partial charge in [0, 0.05) is 10.7 Å². The topological polar surface area (TPSA) is 29.1 Å². The molecule has 0 radical (unpaired) electrons. The molecule has 2 aromatic carbocycles. The summed E-state index contributed by atoms with van der Waals surface area (Å²) in [5.74, 6) is -0.218. The highest BCUT2D eigenvalue weighted by molar-refractivity contribution is 6.37. The lowest BCUT2D eigenvalue weighted by atomic mass is 10.1. The zero-order chi connectivity index (χ0) is 14.1. The number of carbonyl (C=O) groups is 1. The summed E-state index contributed by atoms with van der Waals surface area (Å²) in [6.45, 7) is 0. The van der Waals surface area contributed by atoms with Gasteiger partial charge < -0.3 is 5.32 Å². The van der Waals surface area contributed by atoms with Crippen molar-refractivity contribution < 1.29 is 4.79 Å². The van der Waals surface area contributed by atoms with Crippen molar-refractivity contribution in [1.29, 1.82) is 0 Å². The van der Waals surface area contributed by atoms with Crippen LogP contribution in [0.5, 0.6) is 0 Å². The van der Waals surface area contributed by atoms with Gasteiger partial charge in [0.2, 0.25) is 0 Å². The van der Waals surface area contributed by atoms with Gasteiger partial charge in [0.15, 0.2) is 0 Å². The maximum absolute atomic E-state index is 12.2. The molecule has 4 heteroatoms. The molecule has 0 saturated carbocycles. The van der Waals surface area contributed by atoms with E-state index in [2.05, 4.69) is 11.4 Å². The van der Waals surface area contributed by atoms with Crippen LogP contribution in [-0.2, 0) is 12.8 Å². The first-order chi connectivity index (χ1) is 9.63. The number of nitrogens with one attached hydrogen (secondary N) is 1. The number of halogens is 2. The Bertz CT molecular complexity index is 682. The van der Waals surface area contributed by atoms with Gasteiger partial charge in [0.05, 0.1) is 10.6 Å². The van der Waals surface area contributed by atoms with Gasteiger partial charge >= 0.3 is 0 Å². The quantitative estimate of drug-likeness (QED) is 0.853. The highest BCUT2D eigenvalue weighted by atomic mass is 35.5. The number of benzene rings is 2. The zero-order valence-corrected chi connectivity index (χ0v) is 12.3. The first-order valence-electron chi connectivity index (χ1n) is 6.52. The highest BCUT2D eigenvalue weighted by Crippen LogP contribution is 2.26. The van der Waals surface area contributed by atoms with E-state index in [0.717, 1.165) is 18.5 Å². The van der Waals surface area contributed by atoms with Gasteiger partial charge in [-0.1, -0.05) is 29.3 Å². The summed E-state index contributed by atoms with van der Waals surface area (Å²) in [6, 6.07) is 10.9. The molecule has 1 N–H and O–H groups in total. The molecule has 0 heterocycles. The summed E-state index contributed by atoms with van der Waals surface area (Å²) in [6.07, 6.45) is 3.41. The molecule has 1 aliphatic carbocycles. The van der Waals surface area contributed by atoms with Gasteiger partial charge in [-0.15, -0.1) is 0 Å². The van der Waals surface area contributed by atoms with Crippen LogP contribution in [0, 0.1) is 0 Å². The molecule has 0 spiro atoms. The van der Waals surface area contributed by atoms with Crippen molar-refractivity contribution in [1.82, 2.24) is 0 Å². The molecule has 0 aromatic heterocycles. The van der Waals surface area contributed by atoms with Gasteiger partial charge in [0.1, 0.15) is 0 Å². The second-order valence-corrected chi connectivity index (χ2v) is 5.76. The first-order valence-corrected chi connectivity index (χ1v) is 7.27. The fourth-order valence-electron chi connectivity index (χ4n) is 2.52. The van der Waals surface area contributed by atoms with Crippen LogP contribution in [0.15, 0.2) is 36.4 Å². The smallest absolute Gasteiger partial charge is 0.257 e. The highest BCUT2D eigenvalue weighted by Gasteiger charge is 2.14. The van der Waals surface area contributed by atoms with E-state index in [1.807, 2.05) is 12.1 Å². The number of aryl methyl sites for hydroxylation is 2. The summed E-state index contributed by atoms with van der Waals surface area (Å²) in [7, 11) is 0. The fourth-order valence-corrected chi connectivity index (χ4v) is 3.02. The third-order valence-electron chi connectivity index (χ3n) is 3.53. The lowest BCUT2D eigenvalue weighted by molar-refractivity contribution is 0.102.